The molecule has 6 N–H and O–H groups in total. The summed E-state index contributed by atoms with van der Waals surface area (Å²) in [6, 6.07) is 12.4. The molecule has 0 radical (unpaired) electrons. The van der Waals surface area contributed by atoms with Crippen LogP contribution >= 0.6 is 0 Å². The number of hydrogen-bond donors (Lipinski definition) is 3. The van der Waals surface area contributed by atoms with Crippen molar-refractivity contribution >= 4 is 29.1 Å². The third-order valence-electron chi connectivity index (χ3n) is 4.94. The number of amides is 1. The SMILES string of the molecule is COC(=O)N(N)c1cc(-c2c(N(N)c3ccccc3)c3c(n2N)COCC3=O)ccn1. The number of fused-ring (bicyclic) bond motifs is 1. The summed E-state index contributed by atoms with van der Waals surface area (Å²) in [6.45, 7) is 0.0723. The summed E-state index contributed by atoms with van der Waals surface area (Å²) in [5.41, 5.74) is 2.92. The molecule has 0 fully saturated rings. The van der Waals surface area contributed by atoms with Crippen molar-refractivity contribution in [2.24, 2.45) is 11.7 Å². The monoisotopic (exact) mass is 423 g/mol. The molecule has 0 aliphatic carbocycles. The molecular weight excluding hydrogens is 402 g/mol. The zero-order valence-electron chi connectivity index (χ0n) is 16.7. The second-order valence-electron chi connectivity index (χ2n) is 6.75. The van der Waals surface area contributed by atoms with E-state index >= 15 is 0 Å². The number of aromatic nitrogens is 2. The molecule has 0 unspecified atom stereocenters. The summed E-state index contributed by atoms with van der Waals surface area (Å²) in [4.78, 5) is 28.7. The van der Waals surface area contributed by atoms with Gasteiger partial charge in [-0.1, -0.05) is 18.2 Å². The molecule has 0 saturated heterocycles. The van der Waals surface area contributed by atoms with Gasteiger partial charge in [-0.05, 0) is 24.3 Å². The van der Waals surface area contributed by atoms with Gasteiger partial charge in [0.2, 0.25) is 0 Å². The number of ether oxygens (including phenoxy) is 2. The number of hydrazine groups is 2. The first-order valence-corrected chi connectivity index (χ1v) is 9.26. The number of para-hydroxylation sites is 1. The fourth-order valence-corrected chi connectivity index (χ4v) is 3.49. The normalized spacial score (nSPS) is 12.9. The van der Waals surface area contributed by atoms with E-state index in [4.69, 9.17) is 22.3 Å². The van der Waals surface area contributed by atoms with Gasteiger partial charge >= 0.3 is 6.09 Å². The molecule has 0 spiro atoms. The van der Waals surface area contributed by atoms with E-state index in [1.807, 2.05) is 30.3 Å². The molecule has 2 aromatic heterocycles. The minimum Gasteiger partial charge on any atom is -0.452 e. The number of carbonyl (C=O) groups excluding carboxylic acids is 2. The van der Waals surface area contributed by atoms with Crippen LogP contribution in [0, 0.1) is 0 Å². The van der Waals surface area contributed by atoms with Crippen molar-refractivity contribution in [2.75, 3.05) is 29.6 Å². The Hall–Kier alpha value is -3.93. The van der Waals surface area contributed by atoms with E-state index in [1.165, 1.54) is 23.0 Å². The Balaban J connectivity index is 1.93. The third kappa shape index (κ3) is 3.46. The van der Waals surface area contributed by atoms with Crippen molar-refractivity contribution in [1.82, 2.24) is 9.66 Å². The van der Waals surface area contributed by atoms with E-state index in [1.54, 1.807) is 12.1 Å². The van der Waals surface area contributed by atoms with Gasteiger partial charge in [0.15, 0.2) is 11.6 Å². The Morgan fingerprint density at radius 2 is 1.94 bits per heavy atom. The maximum atomic E-state index is 12.8. The van der Waals surface area contributed by atoms with E-state index in [-0.39, 0.29) is 24.8 Å². The predicted molar refractivity (Wildman–Crippen MR) is 114 cm³/mol. The van der Waals surface area contributed by atoms with Gasteiger partial charge in [0.1, 0.15) is 6.61 Å². The van der Waals surface area contributed by atoms with Crippen molar-refractivity contribution in [3.8, 4) is 11.3 Å². The van der Waals surface area contributed by atoms with Gasteiger partial charge in [-0.15, -0.1) is 0 Å². The van der Waals surface area contributed by atoms with Crippen LogP contribution in [0.2, 0.25) is 0 Å². The molecule has 160 valence electrons. The molecule has 3 aromatic rings. The third-order valence-corrected chi connectivity index (χ3v) is 4.94. The van der Waals surface area contributed by atoms with Crippen molar-refractivity contribution in [2.45, 2.75) is 6.61 Å². The number of pyridine rings is 1. The van der Waals surface area contributed by atoms with E-state index in [0.717, 1.165) is 5.01 Å². The van der Waals surface area contributed by atoms with Crippen LogP contribution in [0.1, 0.15) is 16.1 Å². The molecule has 11 nitrogen and oxygen atoms in total. The summed E-state index contributed by atoms with van der Waals surface area (Å²) in [5, 5.41) is 2.17. The van der Waals surface area contributed by atoms with Crippen LogP contribution in [0.15, 0.2) is 48.7 Å². The number of nitrogen functional groups attached to an aromatic ring is 1. The first-order valence-electron chi connectivity index (χ1n) is 9.26. The van der Waals surface area contributed by atoms with Crippen molar-refractivity contribution in [1.29, 1.82) is 0 Å². The van der Waals surface area contributed by atoms with Gasteiger partial charge in [0.05, 0.1) is 42.0 Å². The van der Waals surface area contributed by atoms with Crippen LogP contribution in [0.3, 0.4) is 0 Å². The molecule has 0 atom stereocenters. The summed E-state index contributed by atoms with van der Waals surface area (Å²) >= 11 is 0. The Labute approximate surface area is 177 Å². The number of methoxy groups -OCH3 is 1. The van der Waals surface area contributed by atoms with Crippen molar-refractivity contribution in [3.63, 3.8) is 0 Å². The topological polar surface area (TPSA) is 155 Å². The van der Waals surface area contributed by atoms with Crippen molar-refractivity contribution in [3.05, 3.63) is 59.9 Å². The molecule has 4 rings (SSSR count). The molecule has 0 bridgehead atoms. The predicted octanol–water partition coefficient (Wildman–Crippen LogP) is 1.44. The Bertz CT molecular complexity index is 1150. The summed E-state index contributed by atoms with van der Waals surface area (Å²) in [7, 11) is 1.21. The molecule has 0 saturated carbocycles. The van der Waals surface area contributed by atoms with Crippen LogP contribution in [0.5, 0.6) is 0 Å². The summed E-state index contributed by atoms with van der Waals surface area (Å²) < 4.78 is 11.4. The second-order valence-corrected chi connectivity index (χ2v) is 6.75. The Morgan fingerprint density at radius 3 is 2.65 bits per heavy atom. The zero-order chi connectivity index (χ0) is 22.1. The maximum absolute atomic E-state index is 12.8. The first kappa shape index (κ1) is 20.3. The highest BCUT2D eigenvalue weighted by Crippen LogP contribution is 2.41. The largest absolute Gasteiger partial charge is 0.452 e. The number of carbonyl (C=O) groups is 2. The van der Waals surface area contributed by atoms with Crippen LogP contribution in [-0.4, -0.2) is 35.3 Å². The van der Waals surface area contributed by atoms with Gasteiger partial charge in [0.25, 0.3) is 0 Å². The van der Waals surface area contributed by atoms with Gasteiger partial charge < -0.3 is 15.3 Å². The van der Waals surface area contributed by atoms with Gasteiger partial charge in [-0.3, -0.25) is 14.5 Å². The number of benzene rings is 1. The number of Topliss-reactive ketones (excluding diaryl/α,β-unsaturated/α-hetero) is 1. The molecular formula is C20H21N7O4. The lowest BCUT2D eigenvalue weighted by atomic mass is 10.0. The summed E-state index contributed by atoms with van der Waals surface area (Å²) in [5.74, 6) is 18.5. The highest BCUT2D eigenvalue weighted by molar-refractivity contribution is 6.08. The van der Waals surface area contributed by atoms with Gasteiger partial charge in [0, 0.05) is 11.8 Å². The molecule has 1 aliphatic heterocycles. The smallest absolute Gasteiger partial charge is 0.429 e. The van der Waals surface area contributed by atoms with E-state index in [0.29, 0.717) is 33.9 Å². The highest BCUT2D eigenvalue weighted by atomic mass is 16.5. The standard InChI is InChI=1S/C20H21N7O4/c1-30-20(29)27(23)16-9-12(7-8-24-16)18-19(25(21)13-5-3-2-4-6-13)17-14(26(18)22)10-31-11-15(17)28/h2-9H,10-11,21-23H2,1H3. The Morgan fingerprint density at radius 1 is 1.19 bits per heavy atom. The maximum Gasteiger partial charge on any atom is 0.429 e. The number of nitrogens with two attached hydrogens (primary N) is 3. The van der Waals surface area contributed by atoms with E-state index < -0.39 is 6.09 Å². The fraction of sp³-hybridized carbons (Fsp3) is 0.150. The molecule has 3 heterocycles. The van der Waals surface area contributed by atoms with Crippen molar-refractivity contribution < 1.29 is 19.1 Å². The molecule has 31 heavy (non-hydrogen) atoms. The minimum absolute atomic E-state index is 0.0768. The molecule has 1 amide bonds. The van der Waals surface area contributed by atoms with Crippen LogP contribution in [-0.2, 0) is 16.1 Å². The number of hydrogen-bond acceptors (Lipinski definition) is 9. The lowest BCUT2D eigenvalue weighted by Gasteiger charge is -2.22. The van der Waals surface area contributed by atoms with Crippen LogP contribution < -0.4 is 27.5 Å². The van der Waals surface area contributed by atoms with E-state index in [2.05, 4.69) is 9.72 Å². The average molecular weight is 423 g/mol. The lowest BCUT2D eigenvalue weighted by molar-refractivity contribution is 0.0653. The fourth-order valence-electron chi connectivity index (χ4n) is 3.49. The van der Waals surface area contributed by atoms with Crippen LogP contribution in [0.4, 0.5) is 22.0 Å². The van der Waals surface area contributed by atoms with Gasteiger partial charge in [-0.2, -0.15) is 5.01 Å². The number of ketones is 1. The quantitative estimate of drug-likeness (QED) is 0.321. The van der Waals surface area contributed by atoms with Gasteiger partial charge in [-0.25, -0.2) is 21.5 Å². The number of anilines is 3. The van der Waals surface area contributed by atoms with Crippen LogP contribution in [0.25, 0.3) is 11.3 Å². The minimum atomic E-state index is -0.791. The molecule has 1 aliphatic rings. The number of rotatable bonds is 4. The van der Waals surface area contributed by atoms with E-state index in [9.17, 15) is 9.59 Å². The average Bonchev–Trinajstić information content (AvgIpc) is 3.11. The zero-order valence-corrected chi connectivity index (χ0v) is 16.7. The second kappa shape index (κ2) is 8.07. The summed E-state index contributed by atoms with van der Waals surface area (Å²) in [6.07, 6.45) is 0.672. The molecule has 1 aromatic carbocycles. The lowest BCUT2D eigenvalue weighted by Crippen LogP contribution is -2.38. The highest BCUT2D eigenvalue weighted by Gasteiger charge is 2.33. The number of nitrogens with zero attached hydrogens (tertiary/aromatic N) is 4. The Kier molecular flexibility index (Phi) is 5.29. The first-order chi connectivity index (χ1) is 14.9. The molecule has 11 heteroatoms.